The smallest absolute Gasteiger partial charge is 0.218 e. The number of rotatable bonds is 3. The van der Waals surface area contributed by atoms with Crippen LogP contribution < -0.4 is 0 Å². The van der Waals surface area contributed by atoms with E-state index in [4.69, 9.17) is 23.2 Å². The van der Waals surface area contributed by atoms with E-state index in [1.807, 2.05) is 32.9 Å². The highest BCUT2D eigenvalue weighted by atomic mass is 35.5. The van der Waals surface area contributed by atoms with Crippen LogP contribution in [0, 0.1) is 32.1 Å². The predicted molar refractivity (Wildman–Crippen MR) is 97.9 cm³/mol. The Labute approximate surface area is 152 Å². The van der Waals surface area contributed by atoms with Crippen LogP contribution in [0.1, 0.15) is 22.3 Å². The molecule has 0 atom stereocenters. The lowest BCUT2D eigenvalue weighted by Gasteiger charge is -2.10. The molecule has 0 spiro atoms. The SMILES string of the molecule is Cc1cc(C)c(/C=C(\C#N)S(=O)(=O)c2cc(Cl)ccc2Cl)c(C)c1. The number of allylic oxidation sites excluding steroid dienone is 1. The van der Waals surface area contributed by atoms with Gasteiger partial charge >= 0.3 is 0 Å². The Balaban J connectivity index is 2.68. The summed E-state index contributed by atoms with van der Waals surface area (Å²) in [6.45, 7) is 5.71. The summed E-state index contributed by atoms with van der Waals surface area (Å²) in [5.74, 6) is 0. The van der Waals surface area contributed by atoms with Crippen LogP contribution in [0.25, 0.3) is 6.08 Å². The Morgan fingerprint density at radius 2 is 1.67 bits per heavy atom. The minimum Gasteiger partial charge on any atom is -0.218 e. The summed E-state index contributed by atoms with van der Waals surface area (Å²) in [6, 6.07) is 9.79. The summed E-state index contributed by atoms with van der Waals surface area (Å²) in [5.41, 5.74) is 3.57. The van der Waals surface area contributed by atoms with Crippen molar-refractivity contribution >= 4 is 39.1 Å². The molecule has 0 amide bonds. The summed E-state index contributed by atoms with van der Waals surface area (Å²) in [6.07, 6.45) is 1.39. The van der Waals surface area contributed by atoms with Gasteiger partial charge in [0.05, 0.1) is 9.92 Å². The number of benzene rings is 2. The highest BCUT2D eigenvalue weighted by Crippen LogP contribution is 2.31. The van der Waals surface area contributed by atoms with Crippen molar-refractivity contribution in [3.05, 3.63) is 67.5 Å². The van der Waals surface area contributed by atoms with Crippen molar-refractivity contribution in [3.8, 4) is 6.07 Å². The number of hydrogen-bond donors (Lipinski definition) is 0. The van der Waals surface area contributed by atoms with Crippen LogP contribution in [0.3, 0.4) is 0 Å². The van der Waals surface area contributed by atoms with Crippen molar-refractivity contribution in [1.29, 1.82) is 5.26 Å². The molecule has 2 aromatic carbocycles. The van der Waals surface area contributed by atoms with Crippen molar-refractivity contribution < 1.29 is 8.42 Å². The van der Waals surface area contributed by atoms with E-state index < -0.39 is 9.84 Å². The molecule has 124 valence electrons. The molecule has 0 fully saturated rings. The van der Waals surface area contributed by atoms with Gasteiger partial charge in [-0.15, -0.1) is 0 Å². The predicted octanol–water partition coefficient (Wildman–Crippen LogP) is 5.26. The molecule has 0 aliphatic rings. The molecule has 0 bridgehead atoms. The Bertz CT molecular complexity index is 964. The third-order valence-electron chi connectivity index (χ3n) is 3.60. The lowest BCUT2D eigenvalue weighted by atomic mass is 9.99. The van der Waals surface area contributed by atoms with Crippen LogP contribution in [-0.2, 0) is 9.84 Å². The first-order valence-electron chi connectivity index (χ1n) is 7.06. The lowest BCUT2D eigenvalue weighted by molar-refractivity contribution is 0.603. The fraction of sp³-hybridized carbons (Fsp3) is 0.167. The quantitative estimate of drug-likeness (QED) is 0.683. The van der Waals surface area contributed by atoms with E-state index >= 15 is 0 Å². The minimum absolute atomic E-state index is 0.0258. The summed E-state index contributed by atoms with van der Waals surface area (Å²) >= 11 is 11.9. The van der Waals surface area contributed by atoms with Gasteiger partial charge in [0.1, 0.15) is 11.0 Å². The first kappa shape index (κ1) is 18.5. The second kappa shape index (κ2) is 6.98. The maximum atomic E-state index is 12.8. The number of hydrogen-bond acceptors (Lipinski definition) is 3. The number of halogens is 2. The van der Waals surface area contributed by atoms with Gasteiger partial charge in [-0.1, -0.05) is 40.9 Å². The average molecular weight is 380 g/mol. The molecule has 0 heterocycles. The fourth-order valence-electron chi connectivity index (χ4n) is 2.52. The monoisotopic (exact) mass is 379 g/mol. The molecule has 0 saturated heterocycles. The molecular weight excluding hydrogens is 365 g/mol. The summed E-state index contributed by atoms with van der Waals surface area (Å²) in [5, 5.41) is 9.67. The molecule has 0 unspecified atom stereocenters. The molecule has 2 aromatic rings. The van der Waals surface area contributed by atoms with Crippen LogP contribution in [0.4, 0.5) is 0 Å². The van der Waals surface area contributed by atoms with Crippen LogP contribution >= 0.6 is 23.2 Å². The van der Waals surface area contributed by atoms with Gasteiger partial charge in [0, 0.05) is 5.02 Å². The highest BCUT2D eigenvalue weighted by Gasteiger charge is 2.24. The largest absolute Gasteiger partial charge is 0.218 e. The van der Waals surface area contributed by atoms with Gasteiger partial charge in [0.25, 0.3) is 0 Å². The zero-order valence-electron chi connectivity index (χ0n) is 13.4. The maximum Gasteiger partial charge on any atom is 0.218 e. The highest BCUT2D eigenvalue weighted by molar-refractivity contribution is 7.95. The molecule has 0 aliphatic heterocycles. The van der Waals surface area contributed by atoms with Gasteiger partial charge in [-0.25, -0.2) is 8.42 Å². The topological polar surface area (TPSA) is 57.9 Å². The molecule has 6 heteroatoms. The molecule has 3 nitrogen and oxygen atoms in total. The molecule has 24 heavy (non-hydrogen) atoms. The molecule has 0 radical (unpaired) electrons. The van der Waals surface area contributed by atoms with Crippen LogP contribution in [0.2, 0.25) is 10.0 Å². The first-order chi connectivity index (χ1) is 11.2. The third kappa shape index (κ3) is 3.64. The van der Waals surface area contributed by atoms with Gasteiger partial charge in [-0.05, 0) is 61.7 Å². The molecule has 0 N–H and O–H groups in total. The van der Waals surface area contributed by atoms with E-state index in [2.05, 4.69) is 0 Å². The van der Waals surface area contributed by atoms with E-state index in [0.29, 0.717) is 5.56 Å². The Morgan fingerprint density at radius 3 is 2.21 bits per heavy atom. The van der Waals surface area contributed by atoms with Crippen LogP contribution in [0.5, 0.6) is 0 Å². The van der Waals surface area contributed by atoms with E-state index in [-0.39, 0.29) is 19.8 Å². The van der Waals surface area contributed by atoms with Gasteiger partial charge in [-0.3, -0.25) is 0 Å². The normalized spacial score (nSPS) is 12.1. The molecule has 0 saturated carbocycles. The molecule has 2 rings (SSSR count). The van der Waals surface area contributed by atoms with Gasteiger partial charge in [0.2, 0.25) is 9.84 Å². The second-order valence-corrected chi connectivity index (χ2v) is 8.24. The van der Waals surface area contributed by atoms with Crippen LogP contribution in [-0.4, -0.2) is 8.42 Å². The Hall–Kier alpha value is -1.80. The number of nitriles is 1. The number of aryl methyl sites for hydroxylation is 3. The average Bonchev–Trinajstić information content (AvgIpc) is 2.48. The third-order valence-corrected chi connectivity index (χ3v) is 5.98. The first-order valence-corrected chi connectivity index (χ1v) is 9.30. The lowest BCUT2D eigenvalue weighted by Crippen LogP contribution is -2.05. The standard InChI is InChI=1S/C18H15Cl2NO2S/c1-11-6-12(2)16(13(3)7-11)9-15(10-21)24(22,23)18-8-14(19)4-5-17(18)20/h4-9H,1-3H3/b15-9+. The zero-order valence-corrected chi connectivity index (χ0v) is 15.7. The van der Waals surface area contributed by atoms with E-state index in [1.165, 1.54) is 24.3 Å². The van der Waals surface area contributed by atoms with E-state index in [9.17, 15) is 13.7 Å². The van der Waals surface area contributed by atoms with E-state index in [0.717, 1.165) is 16.7 Å². The molecule has 0 aromatic heterocycles. The Morgan fingerprint density at radius 1 is 1.08 bits per heavy atom. The van der Waals surface area contributed by atoms with Crippen molar-refractivity contribution in [2.75, 3.05) is 0 Å². The number of nitrogens with zero attached hydrogens (tertiary/aromatic N) is 1. The van der Waals surface area contributed by atoms with Gasteiger partial charge < -0.3 is 0 Å². The summed E-state index contributed by atoms with van der Waals surface area (Å²) < 4.78 is 25.6. The summed E-state index contributed by atoms with van der Waals surface area (Å²) in [4.78, 5) is -0.548. The maximum absolute atomic E-state index is 12.8. The minimum atomic E-state index is -4.06. The van der Waals surface area contributed by atoms with Gasteiger partial charge in [-0.2, -0.15) is 5.26 Å². The van der Waals surface area contributed by atoms with Crippen LogP contribution in [0.15, 0.2) is 40.1 Å². The van der Waals surface area contributed by atoms with Crippen molar-refractivity contribution in [1.82, 2.24) is 0 Å². The molecule has 0 aliphatic carbocycles. The van der Waals surface area contributed by atoms with Crippen molar-refractivity contribution in [2.24, 2.45) is 0 Å². The fourth-order valence-corrected chi connectivity index (χ4v) is 4.42. The Kier molecular flexibility index (Phi) is 5.39. The van der Waals surface area contributed by atoms with Gasteiger partial charge in [0.15, 0.2) is 0 Å². The zero-order chi connectivity index (χ0) is 18.1. The summed E-state index contributed by atoms with van der Waals surface area (Å²) in [7, 11) is -4.06. The van der Waals surface area contributed by atoms with Crippen molar-refractivity contribution in [2.45, 2.75) is 25.7 Å². The second-order valence-electron chi connectivity index (χ2n) is 5.51. The molecular formula is C18H15Cl2NO2S. The van der Waals surface area contributed by atoms with Crippen molar-refractivity contribution in [3.63, 3.8) is 0 Å². The van der Waals surface area contributed by atoms with E-state index in [1.54, 1.807) is 6.07 Å². The number of sulfone groups is 1.